The molecule has 1 spiro atoms. The van der Waals surface area contributed by atoms with Crippen LogP contribution in [0.15, 0.2) is 36.7 Å². The second-order valence-electron chi connectivity index (χ2n) is 9.36. The van der Waals surface area contributed by atoms with E-state index in [1.165, 1.54) is 29.5 Å². The molecule has 4 heterocycles. The van der Waals surface area contributed by atoms with Gasteiger partial charge in [-0.15, -0.1) is 0 Å². The van der Waals surface area contributed by atoms with Gasteiger partial charge in [-0.2, -0.15) is 0 Å². The van der Waals surface area contributed by atoms with Gasteiger partial charge in [0.15, 0.2) is 0 Å². The summed E-state index contributed by atoms with van der Waals surface area (Å²) in [4.78, 5) is 24.0. The van der Waals surface area contributed by atoms with Crippen LogP contribution in [-0.4, -0.2) is 55.0 Å². The average Bonchev–Trinajstić information content (AvgIpc) is 3.54. The van der Waals surface area contributed by atoms with E-state index in [-0.39, 0.29) is 11.4 Å². The highest BCUT2D eigenvalue weighted by atomic mass is 16.3. The van der Waals surface area contributed by atoms with E-state index in [4.69, 9.17) is 0 Å². The summed E-state index contributed by atoms with van der Waals surface area (Å²) in [5.74, 6) is 1.02. The van der Waals surface area contributed by atoms with Crippen molar-refractivity contribution >= 4 is 11.7 Å². The van der Waals surface area contributed by atoms with E-state index >= 15 is 0 Å². The van der Waals surface area contributed by atoms with E-state index in [0.717, 1.165) is 18.7 Å². The normalized spacial score (nSPS) is 25.7. The fraction of sp³-hybridized carbons (Fsp3) is 0.458. The minimum absolute atomic E-state index is 0.138. The molecule has 0 unspecified atom stereocenters. The number of carbonyl (C=O) groups is 1. The summed E-state index contributed by atoms with van der Waals surface area (Å²) in [5.41, 5.74) is 4.85. The van der Waals surface area contributed by atoms with Crippen LogP contribution in [0.4, 0.5) is 0 Å². The zero-order valence-electron chi connectivity index (χ0n) is 17.7. The Kier molecular flexibility index (Phi) is 4.20. The van der Waals surface area contributed by atoms with Gasteiger partial charge in [0.05, 0.1) is 11.6 Å². The summed E-state index contributed by atoms with van der Waals surface area (Å²) in [7, 11) is 0. The Labute approximate surface area is 181 Å². The van der Waals surface area contributed by atoms with E-state index in [2.05, 4.69) is 45.7 Å². The molecule has 2 aromatic heterocycles. The van der Waals surface area contributed by atoms with Crippen molar-refractivity contribution in [1.82, 2.24) is 24.6 Å². The van der Waals surface area contributed by atoms with Crippen molar-refractivity contribution in [2.45, 2.75) is 56.7 Å². The molecule has 1 aromatic carbocycles. The van der Waals surface area contributed by atoms with E-state index in [9.17, 15) is 9.90 Å². The van der Waals surface area contributed by atoms with Crippen molar-refractivity contribution in [1.29, 1.82) is 0 Å². The molecule has 1 amide bonds. The molecule has 3 aliphatic rings. The number of hydrogen-bond acceptors (Lipinski definition) is 5. The summed E-state index contributed by atoms with van der Waals surface area (Å²) >= 11 is 0. The van der Waals surface area contributed by atoms with Crippen LogP contribution >= 0.6 is 0 Å². The number of likely N-dealkylation sites (tertiary alicyclic amines) is 1. The Hall–Kier alpha value is -2.77. The highest BCUT2D eigenvalue weighted by molar-refractivity contribution is 5.93. The van der Waals surface area contributed by atoms with Crippen molar-refractivity contribution in [3.05, 3.63) is 64.7 Å². The number of hydrogen-bond donors (Lipinski definition) is 2. The molecule has 2 aliphatic heterocycles. The summed E-state index contributed by atoms with van der Waals surface area (Å²) in [6.45, 7) is 3.67. The van der Waals surface area contributed by atoms with Crippen LogP contribution in [0.1, 0.15) is 58.1 Å². The summed E-state index contributed by atoms with van der Waals surface area (Å²) in [5, 5.41) is 14.6. The minimum atomic E-state index is -0.627. The van der Waals surface area contributed by atoms with Gasteiger partial charge in [0.25, 0.3) is 5.91 Å². The second-order valence-corrected chi connectivity index (χ2v) is 9.36. The van der Waals surface area contributed by atoms with E-state index in [0.29, 0.717) is 36.9 Å². The van der Waals surface area contributed by atoms with Crippen LogP contribution in [0.2, 0.25) is 0 Å². The number of carbonyl (C=O) groups excluding carboxylic acids is 1. The number of aliphatic hydroxyl groups excluding tert-OH is 1. The third kappa shape index (κ3) is 3.15. The number of benzene rings is 1. The first-order valence-corrected chi connectivity index (χ1v) is 11.2. The second kappa shape index (κ2) is 6.87. The lowest BCUT2D eigenvalue weighted by molar-refractivity contribution is -0.0140. The molecule has 1 saturated heterocycles. The smallest absolute Gasteiger partial charge is 0.274 e. The van der Waals surface area contributed by atoms with Crippen molar-refractivity contribution in [3.63, 3.8) is 0 Å². The lowest BCUT2D eigenvalue weighted by atomic mass is 9.76. The van der Waals surface area contributed by atoms with Gasteiger partial charge in [-0.05, 0) is 55.2 Å². The fourth-order valence-corrected chi connectivity index (χ4v) is 5.23. The van der Waals surface area contributed by atoms with Crippen LogP contribution in [0, 0.1) is 6.92 Å². The molecule has 1 saturated carbocycles. The highest BCUT2D eigenvalue weighted by Gasteiger charge is 2.45. The van der Waals surface area contributed by atoms with Crippen LogP contribution in [-0.2, 0) is 13.0 Å². The maximum Gasteiger partial charge on any atom is 0.274 e. The molecule has 7 heteroatoms. The number of fused-ring (bicyclic) bond motifs is 2. The molecular formula is C24H27N5O2. The number of aromatic nitrogens is 3. The number of aliphatic hydroxyl groups is 1. The van der Waals surface area contributed by atoms with Gasteiger partial charge in [-0.3, -0.25) is 9.20 Å². The summed E-state index contributed by atoms with van der Waals surface area (Å²) in [6.07, 6.45) is 7.14. The van der Waals surface area contributed by atoms with Crippen LogP contribution in [0.3, 0.4) is 0 Å². The zero-order chi connectivity index (χ0) is 21.2. The number of piperidine rings is 1. The van der Waals surface area contributed by atoms with Gasteiger partial charge < -0.3 is 15.3 Å². The van der Waals surface area contributed by atoms with E-state index < -0.39 is 6.10 Å². The quantitative estimate of drug-likeness (QED) is 0.668. The number of imidazole rings is 1. The van der Waals surface area contributed by atoms with Crippen LogP contribution in [0.25, 0.3) is 5.78 Å². The largest absolute Gasteiger partial charge is 0.389 e. The molecule has 2 atom stereocenters. The number of aryl methyl sites for hydroxylation is 1. The number of amides is 1. The van der Waals surface area contributed by atoms with Gasteiger partial charge in [0.1, 0.15) is 5.69 Å². The van der Waals surface area contributed by atoms with Gasteiger partial charge in [0.2, 0.25) is 5.78 Å². The fourth-order valence-electron chi connectivity index (χ4n) is 5.23. The highest BCUT2D eigenvalue weighted by Crippen LogP contribution is 2.41. The molecule has 0 radical (unpaired) electrons. The Balaban J connectivity index is 1.21. The topological polar surface area (TPSA) is 82.8 Å². The van der Waals surface area contributed by atoms with Gasteiger partial charge in [-0.25, -0.2) is 9.97 Å². The molecular weight excluding hydrogens is 390 g/mol. The van der Waals surface area contributed by atoms with Gasteiger partial charge in [0, 0.05) is 37.7 Å². The SMILES string of the molecule is Cc1nc2nc(C(=O)N3CC[C@]4(Cc5ccccc5CN4)[C@H](O)C3)cn2cc1C1CC1. The predicted molar refractivity (Wildman–Crippen MR) is 116 cm³/mol. The Morgan fingerprint density at radius 1 is 1.19 bits per heavy atom. The molecule has 6 rings (SSSR count). The van der Waals surface area contributed by atoms with Crippen LogP contribution < -0.4 is 5.32 Å². The summed E-state index contributed by atoms with van der Waals surface area (Å²) < 4.78 is 1.87. The molecule has 160 valence electrons. The lowest BCUT2D eigenvalue weighted by Crippen LogP contribution is -2.65. The molecule has 31 heavy (non-hydrogen) atoms. The van der Waals surface area contributed by atoms with Gasteiger partial charge in [-0.1, -0.05) is 24.3 Å². The monoisotopic (exact) mass is 417 g/mol. The van der Waals surface area contributed by atoms with Crippen molar-refractivity contribution < 1.29 is 9.90 Å². The Morgan fingerprint density at radius 2 is 2.00 bits per heavy atom. The summed E-state index contributed by atoms with van der Waals surface area (Å²) in [6, 6.07) is 8.38. The van der Waals surface area contributed by atoms with E-state index in [1.54, 1.807) is 11.1 Å². The molecule has 7 nitrogen and oxygen atoms in total. The average molecular weight is 418 g/mol. The third-order valence-electron chi connectivity index (χ3n) is 7.31. The first kappa shape index (κ1) is 19.0. The van der Waals surface area contributed by atoms with E-state index in [1.807, 2.05) is 11.3 Å². The van der Waals surface area contributed by atoms with Gasteiger partial charge >= 0.3 is 0 Å². The third-order valence-corrected chi connectivity index (χ3v) is 7.31. The molecule has 0 bridgehead atoms. The molecule has 2 fully saturated rings. The number of nitrogens with zero attached hydrogens (tertiary/aromatic N) is 4. The first-order chi connectivity index (χ1) is 15.0. The Morgan fingerprint density at radius 3 is 2.77 bits per heavy atom. The van der Waals surface area contributed by atoms with Crippen LogP contribution in [0.5, 0.6) is 0 Å². The van der Waals surface area contributed by atoms with Crippen molar-refractivity contribution in [2.75, 3.05) is 13.1 Å². The number of rotatable bonds is 2. The molecule has 3 aromatic rings. The first-order valence-electron chi connectivity index (χ1n) is 11.2. The number of nitrogens with one attached hydrogen (secondary N) is 1. The maximum atomic E-state index is 13.2. The minimum Gasteiger partial charge on any atom is -0.389 e. The predicted octanol–water partition coefficient (Wildman–Crippen LogP) is 2.21. The van der Waals surface area contributed by atoms with Crippen molar-refractivity contribution in [3.8, 4) is 0 Å². The molecule has 1 aliphatic carbocycles. The Bertz CT molecular complexity index is 1180. The molecule has 2 N–H and O–H groups in total. The standard InChI is InChI=1S/C24H27N5O2/c1-15-19(16-6-7-16)12-29-13-20(27-23(29)26-15)22(31)28-9-8-24(21(30)14-28)10-17-4-2-3-5-18(17)11-25-24/h2-5,12-13,16,21,25,30H,6-11,14H2,1H3/t21-,24+/m1/s1. The zero-order valence-corrected chi connectivity index (χ0v) is 17.7. The maximum absolute atomic E-state index is 13.2. The lowest BCUT2D eigenvalue weighted by Gasteiger charge is -2.48. The van der Waals surface area contributed by atoms with Crippen molar-refractivity contribution in [2.24, 2.45) is 0 Å². The number of β-amino-alcohol motifs (C(OH)–C–C–N with tert-alkyl or cyclic N) is 1.